The second-order valence-corrected chi connectivity index (χ2v) is 5.57. The quantitative estimate of drug-likeness (QED) is 0.688. The number of aliphatic hydroxyl groups excluding tert-OH is 1. The Labute approximate surface area is 146 Å². The lowest BCUT2D eigenvalue weighted by Crippen LogP contribution is -2.41. The van der Waals surface area contributed by atoms with E-state index in [0.29, 0.717) is 13.0 Å². The molecule has 0 aliphatic carbocycles. The molecule has 1 atom stereocenters. The van der Waals surface area contributed by atoms with Gasteiger partial charge in [0, 0.05) is 6.54 Å². The number of carbonyl (C=O) groups excluding carboxylic acids is 1. The summed E-state index contributed by atoms with van der Waals surface area (Å²) in [6, 6.07) is 13.2. The standard InChI is InChI=1S/C19H23FN2O3/c1-2-16(25-18-10-6-5-9-17(18)20)12-22-19(24)21-11-14-7-3-4-8-15(14)13-23/h3-10,16,23H,2,11-13H2,1H3,(H2,21,22,24). The lowest BCUT2D eigenvalue weighted by atomic mass is 10.1. The highest BCUT2D eigenvalue weighted by Gasteiger charge is 2.12. The first-order chi connectivity index (χ1) is 12.1. The number of urea groups is 1. The molecule has 6 heteroatoms. The van der Waals surface area contributed by atoms with E-state index in [0.717, 1.165) is 11.1 Å². The van der Waals surface area contributed by atoms with Crippen LogP contribution in [-0.4, -0.2) is 23.8 Å². The van der Waals surface area contributed by atoms with E-state index in [4.69, 9.17) is 4.74 Å². The lowest BCUT2D eigenvalue weighted by Gasteiger charge is -2.19. The molecule has 2 amide bonds. The van der Waals surface area contributed by atoms with Crippen LogP contribution in [0.15, 0.2) is 48.5 Å². The van der Waals surface area contributed by atoms with Gasteiger partial charge in [-0.05, 0) is 29.7 Å². The van der Waals surface area contributed by atoms with E-state index < -0.39 is 5.82 Å². The highest BCUT2D eigenvalue weighted by atomic mass is 19.1. The van der Waals surface area contributed by atoms with Crippen molar-refractivity contribution < 1.29 is 19.0 Å². The molecule has 0 aliphatic rings. The Morgan fingerprint density at radius 2 is 1.80 bits per heavy atom. The summed E-state index contributed by atoms with van der Waals surface area (Å²) in [7, 11) is 0. The van der Waals surface area contributed by atoms with E-state index in [1.165, 1.54) is 6.07 Å². The summed E-state index contributed by atoms with van der Waals surface area (Å²) in [6.07, 6.45) is 0.300. The van der Waals surface area contributed by atoms with E-state index in [-0.39, 0.29) is 31.0 Å². The third kappa shape index (κ3) is 5.76. The Morgan fingerprint density at radius 3 is 2.48 bits per heavy atom. The average molecular weight is 346 g/mol. The molecule has 2 aromatic rings. The van der Waals surface area contributed by atoms with Crippen LogP contribution in [0.4, 0.5) is 9.18 Å². The van der Waals surface area contributed by atoms with Gasteiger partial charge in [-0.1, -0.05) is 43.3 Å². The molecule has 25 heavy (non-hydrogen) atoms. The molecule has 0 spiro atoms. The van der Waals surface area contributed by atoms with E-state index >= 15 is 0 Å². The third-order valence-corrected chi connectivity index (χ3v) is 3.80. The predicted octanol–water partition coefficient (Wildman–Crippen LogP) is 2.97. The van der Waals surface area contributed by atoms with Gasteiger partial charge in [0.1, 0.15) is 6.10 Å². The molecule has 2 aromatic carbocycles. The number of rotatable bonds is 8. The fourth-order valence-electron chi connectivity index (χ4n) is 2.32. The number of para-hydroxylation sites is 1. The maximum Gasteiger partial charge on any atom is 0.315 e. The number of carbonyl (C=O) groups is 1. The number of nitrogens with one attached hydrogen (secondary N) is 2. The number of benzene rings is 2. The molecular formula is C19H23FN2O3. The van der Waals surface area contributed by atoms with Gasteiger partial charge in [0.25, 0.3) is 0 Å². The number of halogens is 1. The molecule has 0 aliphatic heterocycles. The summed E-state index contributed by atoms with van der Waals surface area (Å²) in [5, 5.41) is 14.7. The number of ether oxygens (including phenoxy) is 1. The smallest absolute Gasteiger partial charge is 0.315 e. The molecule has 0 saturated heterocycles. The fourth-order valence-corrected chi connectivity index (χ4v) is 2.32. The Morgan fingerprint density at radius 1 is 1.12 bits per heavy atom. The molecule has 0 saturated carbocycles. The molecule has 5 nitrogen and oxygen atoms in total. The van der Waals surface area contributed by atoms with E-state index in [1.54, 1.807) is 18.2 Å². The zero-order chi connectivity index (χ0) is 18.1. The first-order valence-electron chi connectivity index (χ1n) is 8.24. The molecule has 0 heterocycles. The van der Waals surface area contributed by atoms with Crippen LogP contribution >= 0.6 is 0 Å². The van der Waals surface area contributed by atoms with Crippen molar-refractivity contribution in [3.05, 3.63) is 65.5 Å². The summed E-state index contributed by atoms with van der Waals surface area (Å²) >= 11 is 0. The van der Waals surface area contributed by atoms with Crippen LogP contribution in [0.2, 0.25) is 0 Å². The second kappa shape index (κ2) is 9.64. The fraction of sp³-hybridized carbons (Fsp3) is 0.316. The van der Waals surface area contributed by atoms with Crippen molar-refractivity contribution in [1.29, 1.82) is 0 Å². The highest BCUT2D eigenvalue weighted by molar-refractivity contribution is 5.73. The summed E-state index contributed by atoms with van der Waals surface area (Å²) in [5.74, 6) is -0.251. The van der Waals surface area contributed by atoms with Crippen molar-refractivity contribution >= 4 is 6.03 Å². The topological polar surface area (TPSA) is 70.6 Å². The monoisotopic (exact) mass is 346 g/mol. The maximum atomic E-state index is 13.6. The van der Waals surface area contributed by atoms with Crippen molar-refractivity contribution in [1.82, 2.24) is 10.6 Å². The predicted molar refractivity (Wildman–Crippen MR) is 93.7 cm³/mol. The Balaban J connectivity index is 1.81. The van der Waals surface area contributed by atoms with Crippen molar-refractivity contribution in [2.75, 3.05) is 6.54 Å². The van der Waals surface area contributed by atoms with Crippen LogP contribution < -0.4 is 15.4 Å². The Hall–Kier alpha value is -2.60. The molecule has 0 radical (unpaired) electrons. The third-order valence-electron chi connectivity index (χ3n) is 3.80. The van der Waals surface area contributed by atoms with Crippen molar-refractivity contribution in [2.45, 2.75) is 32.6 Å². The van der Waals surface area contributed by atoms with Gasteiger partial charge < -0.3 is 20.5 Å². The normalized spacial score (nSPS) is 11.6. The van der Waals surface area contributed by atoms with Crippen LogP contribution in [0.25, 0.3) is 0 Å². The van der Waals surface area contributed by atoms with Gasteiger partial charge in [-0.25, -0.2) is 9.18 Å². The molecule has 0 fully saturated rings. The largest absolute Gasteiger partial charge is 0.486 e. The van der Waals surface area contributed by atoms with Crippen LogP contribution in [0.3, 0.4) is 0 Å². The van der Waals surface area contributed by atoms with Crippen molar-refractivity contribution in [3.8, 4) is 5.75 Å². The summed E-state index contributed by atoms with van der Waals surface area (Å²) < 4.78 is 19.2. The Kier molecular flexibility index (Phi) is 7.22. The van der Waals surface area contributed by atoms with Crippen molar-refractivity contribution in [3.63, 3.8) is 0 Å². The molecule has 134 valence electrons. The van der Waals surface area contributed by atoms with Gasteiger partial charge in [-0.2, -0.15) is 0 Å². The van der Waals surface area contributed by atoms with Crippen LogP contribution in [-0.2, 0) is 13.2 Å². The molecule has 1 unspecified atom stereocenters. The number of aliphatic hydroxyl groups is 1. The van der Waals surface area contributed by atoms with E-state index in [2.05, 4.69) is 10.6 Å². The molecular weight excluding hydrogens is 323 g/mol. The first kappa shape index (κ1) is 18.7. The van der Waals surface area contributed by atoms with Gasteiger partial charge in [0.15, 0.2) is 11.6 Å². The van der Waals surface area contributed by atoms with E-state index in [1.807, 2.05) is 31.2 Å². The average Bonchev–Trinajstić information content (AvgIpc) is 2.65. The summed E-state index contributed by atoms with van der Waals surface area (Å²) in [4.78, 5) is 11.9. The zero-order valence-corrected chi connectivity index (χ0v) is 14.2. The first-order valence-corrected chi connectivity index (χ1v) is 8.24. The molecule has 3 N–H and O–H groups in total. The molecule has 0 bridgehead atoms. The van der Waals surface area contributed by atoms with Gasteiger partial charge in [-0.3, -0.25) is 0 Å². The molecule has 2 rings (SSSR count). The number of amides is 2. The van der Waals surface area contributed by atoms with Crippen LogP contribution in [0.1, 0.15) is 24.5 Å². The SMILES string of the molecule is CCC(CNC(=O)NCc1ccccc1CO)Oc1ccccc1F. The summed E-state index contributed by atoms with van der Waals surface area (Å²) in [6.45, 7) is 2.41. The maximum absolute atomic E-state index is 13.6. The van der Waals surface area contributed by atoms with Gasteiger partial charge in [-0.15, -0.1) is 0 Å². The van der Waals surface area contributed by atoms with Crippen LogP contribution in [0.5, 0.6) is 5.75 Å². The van der Waals surface area contributed by atoms with Crippen molar-refractivity contribution in [2.24, 2.45) is 0 Å². The van der Waals surface area contributed by atoms with Gasteiger partial charge in [0.2, 0.25) is 0 Å². The molecule has 0 aromatic heterocycles. The van der Waals surface area contributed by atoms with Gasteiger partial charge in [0.05, 0.1) is 13.2 Å². The Bertz CT molecular complexity index is 694. The highest BCUT2D eigenvalue weighted by Crippen LogP contribution is 2.17. The second-order valence-electron chi connectivity index (χ2n) is 5.57. The number of hydrogen-bond donors (Lipinski definition) is 3. The lowest BCUT2D eigenvalue weighted by molar-refractivity contribution is 0.182. The minimum absolute atomic E-state index is 0.0755. The van der Waals surface area contributed by atoms with Gasteiger partial charge >= 0.3 is 6.03 Å². The minimum atomic E-state index is -0.425. The van der Waals surface area contributed by atoms with Crippen LogP contribution in [0, 0.1) is 5.82 Å². The number of hydrogen-bond acceptors (Lipinski definition) is 3. The summed E-state index contributed by atoms with van der Waals surface area (Å²) in [5.41, 5.74) is 1.63. The van der Waals surface area contributed by atoms with E-state index in [9.17, 15) is 14.3 Å². The zero-order valence-electron chi connectivity index (χ0n) is 14.2. The minimum Gasteiger partial charge on any atom is -0.486 e.